The van der Waals surface area contributed by atoms with Crippen LogP contribution in [0, 0.1) is 0 Å². The molecule has 1 fully saturated rings. The lowest BCUT2D eigenvalue weighted by Gasteiger charge is -2.23. The lowest BCUT2D eigenvalue weighted by atomic mass is 10.2. The Morgan fingerprint density at radius 3 is 2.42 bits per heavy atom. The molecule has 0 bridgehead atoms. The number of hydrogen-bond acceptors (Lipinski definition) is 4. The molecule has 1 aromatic heterocycles. The van der Waals surface area contributed by atoms with E-state index < -0.39 is 10.0 Å². The summed E-state index contributed by atoms with van der Waals surface area (Å²) in [5.74, 6) is 0.739. The molecule has 1 aliphatic carbocycles. The highest BCUT2D eigenvalue weighted by Gasteiger charge is 2.24. The van der Waals surface area contributed by atoms with Crippen LogP contribution in [0.5, 0.6) is 0 Å². The van der Waals surface area contributed by atoms with Gasteiger partial charge >= 0.3 is 0 Å². The first-order valence-corrected chi connectivity index (χ1v) is 9.85. The number of nitrogens with one attached hydrogen (secondary N) is 1. The minimum atomic E-state index is -3.61. The SMILES string of the molecule is CCN(c1ccccc1)S(=O)(=O)c1ccc(NC2CCCC2)nc1. The van der Waals surface area contributed by atoms with Gasteiger partial charge in [-0.2, -0.15) is 0 Å². The summed E-state index contributed by atoms with van der Waals surface area (Å²) < 4.78 is 27.2. The van der Waals surface area contributed by atoms with E-state index >= 15 is 0 Å². The van der Waals surface area contributed by atoms with E-state index in [9.17, 15) is 8.42 Å². The van der Waals surface area contributed by atoms with Gasteiger partial charge in [0.05, 0.1) is 5.69 Å². The van der Waals surface area contributed by atoms with Crippen LogP contribution in [0.4, 0.5) is 11.5 Å². The predicted molar refractivity (Wildman–Crippen MR) is 96.8 cm³/mol. The Hall–Kier alpha value is -2.08. The van der Waals surface area contributed by atoms with Gasteiger partial charge in [0.15, 0.2) is 0 Å². The summed E-state index contributed by atoms with van der Waals surface area (Å²) in [7, 11) is -3.61. The molecule has 2 aromatic rings. The Morgan fingerprint density at radius 2 is 1.83 bits per heavy atom. The van der Waals surface area contributed by atoms with E-state index in [-0.39, 0.29) is 4.90 Å². The van der Waals surface area contributed by atoms with E-state index in [2.05, 4.69) is 10.3 Å². The molecule has 24 heavy (non-hydrogen) atoms. The maximum Gasteiger partial charge on any atom is 0.265 e. The Bertz CT molecular complexity index is 755. The highest BCUT2D eigenvalue weighted by molar-refractivity contribution is 7.92. The minimum Gasteiger partial charge on any atom is -0.367 e. The van der Waals surface area contributed by atoms with E-state index in [1.807, 2.05) is 25.1 Å². The fourth-order valence-corrected chi connectivity index (χ4v) is 4.53. The zero-order valence-corrected chi connectivity index (χ0v) is 14.7. The molecule has 1 saturated carbocycles. The summed E-state index contributed by atoms with van der Waals surface area (Å²) in [5, 5.41) is 3.37. The van der Waals surface area contributed by atoms with Gasteiger partial charge in [0, 0.05) is 18.8 Å². The molecular formula is C18H23N3O2S. The standard InChI is InChI=1S/C18H23N3O2S/c1-2-21(16-10-4-3-5-11-16)24(22,23)17-12-13-18(19-14-17)20-15-8-6-7-9-15/h3-5,10-15H,2,6-9H2,1H3,(H,19,20). The topological polar surface area (TPSA) is 62.3 Å². The second-order valence-corrected chi connectivity index (χ2v) is 7.87. The van der Waals surface area contributed by atoms with Crippen LogP contribution >= 0.6 is 0 Å². The molecule has 1 N–H and O–H groups in total. The van der Waals surface area contributed by atoms with Crippen molar-refractivity contribution in [3.8, 4) is 0 Å². The molecule has 1 aromatic carbocycles. The Labute approximate surface area is 143 Å². The van der Waals surface area contributed by atoms with E-state index in [0.717, 1.165) is 18.7 Å². The number of aromatic nitrogens is 1. The second-order valence-electron chi connectivity index (χ2n) is 6.01. The van der Waals surface area contributed by atoms with Crippen molar-refractivity contribution in [1.29, 1.82) is 0 Å². The molecule has 3 rings (SSSR count). The molecule has 128 valence electrons. The normalized spacial score (nSPS) is 15.4. The first kappa shape index (κ1) is 16.8. The fraction of sp³-hybridized carbons (Fsp3) is 0.389. The van der Waals surface area contributed by atoms with Gasteiger partial charge in [0.1, 0.15) is 10.7 Å². The molecule has 0 aliphatic heterocycles. The first-order valence-electron chi connectivity index (χ1n) is 8.41. The number of benzene rings is 1. The van der Waals surface area contributed by atoms with Crippen LogP contribution in [0.2, 0.25) is 0 Å². The van der Waals surface area contributed by atoms with Gasteiger partial charge in [-0.25, -0.2) is 13.4 Å². The van der Waals surface area contributed by atoms with E-state index in [4.69, 9.17) is 0 Å². The highest BCUT2D eigenvalue weighted by Crippen LogP contribution is 2.25. The van der Waals surface area contributed by atoms with Crippen molar-refractivity contribution >= 4 is 21.5 Å². The Morgan fingerprint density at radius 1 is 1.12 bits per heavy atom. The van der Waals surface area contributed by atoms with Crippen LogP contribution in [-0.4, -0.2) is 26.0 Å². The first-order chi connectivity index (χ1) is 11.6. The summed E-state index contributed by atoms with van der Waals surface area (Å²) in [6, 6.07) is 13.0. The number of anilines is 2. The summed E-state index contributed by atoms with van der Waals surface area (Å²) in [4.78, 5) is 4.52. The lowest BCUT2D eigenvalue weighted by Crippen LogP contribution is -2.30. The summed E-state index contributed by atoms with van der Waals surface area (Å²) in [6.07, 6.45) is 6.23. The van der Waals surface area contributed by atoms with Crippen molar-refractivity contribution in [2.24, 2.45) is 0 Å². The smallest absolute Gasteiger partial charge is 0.265 e. The molecule has 5 nitrogen and oxygen atoms in total. The van der Waals surface area contributed by atoms with Crippen LogP contribution in [0.3, 0.4) is 0 Å². The molecule has 0 saturated heterocycles. The molecule has 0 atom stereocenters. The van der Waals surface area contributed by atoms with Gasteiger partial charge < -0.3 is 5.32 Å². The molecule has 6 heteroatoms. The average molecular weight is 345 g/mol. The largest absolute Gasteiger partial charge is 0.367 e. The third-order valence-electron chi connectivity index (χ3n) is 4.36. The van der Waals surface area contributed by atoms with Gasteiger partial charge in [-0.3, -0.25) is 4.31 Å². The highest BCUT2D eigenvalue weighted by atomic mass is 32.2. The molecule has 1 aliphatic rings. The minimum absolute atomic E-state index is 0.213. The monoisotopic (exact) mass is 345 g/mol. The van der Waals surface area contributed by atoms with Gasteiger partial charge in [0.2, 0.25) is 0 Å². The van der Waals surface area contributed by atoms with E-state index in [0.29, 0.717) is 18.3 Å². The van der Waals surface area contributed by atoms with Crippen molar-refractivity contribution in [1.82, 2.24) is 4.98 Å². The maximum absolute atomic E-state index is 12.9. The summed E-state index contributed by atoms with van der Waals surface area (Å²) >= 11 is 0. The fourth-order valence-electron chi connectivity index (χ4n) is 3.11. The molecule has 1 heterocycles. The molecule has 0 spiro atoms. The summed E-state index contributed by atoms with van der Waals surface area (Å²) in [6.45, 7) is 2.20. The Kier molecular flexibility index (Phi) is 5.04. The maximum atomic E-state index is 12.9. The van der Waals surface area contributed by atoms with Gasteiger partial charge in [-0.05, 0) is 44.0 Å². The van der Waals surface area contributed by atoms with Crippen molar-refractivity contribution in [3.05, 3.63) is 48.7 Å². The number of nitrogens with zero attached hydrogens (tertiary/aromatic N) is 2. The van der Waals surface area contributed by atoms with Gasteiger partial charge in [0.25, 0.3) is 10.0 Å². The van der Waals surface area contributed by atoms with Crippen molar-refractivity contribution < 1.29 is 8.42 Å². The zero-order chi connectivity index (χ0) is 17.0. The number of hydrogen-bond donors (Lipinski definition) is 1. The van der Waals surface area contributed by atoms with Crippen LogP contribution in [0.15, 0.2) is 53.6 Å². The Balaban J connectivity index is 1.81. The van der Waals surface area contributed by atoms with Gasteiger partial charge in [-0.15, -0.1) is 0 Å². The quantitative estimate of drug-likeness (QED) is 0.868. The van der Waals surface area contributed by atoms with Gasteiger partial charge in [-0.1, -0.05) is 31.0 Å². The molecular weight excluding hydrogens is 322 g/mol. The van der Waals surface area contributed by atoms with Crippen molar-refractivity contribution in [2.45, 2.75) is 43.5 Å². The third-order valence-corrected chi connectivity index (χ3v) is 6.25. The van der Waals surface area contributed by atoms with Crippen LogP contribution in [0.25, 0.3) is 0 Å². The third kappa shape index (κ3) is 3.53. The van der Waals surface area contributed by atoms with Crippen LogP contribution < -0.4 is 9.62 Å². The lowest BCUT2D eigenvalue weighted by molar-refractivity contribution is 0.591. The number of para-hydroxylation sites is 1. The average Bonchev–Trinajstić information content (AvgIpc) is 3.10. The molecule has 0 radical (unpaired) electrons. The predicted octanol–water partition coefficient (Wildman–Crippen LogP) is 3.65. The van der Waals surface area contributed by atoms with Crippen LogP contribution in [0.1, 0.15) is 32.6 Å². The zero-order valence-electron chi connectivity index (χ0n) is 13.9. The van der Waals surface area contributed by atoms with Crippen molar-refractivity contribution in [3.63, 3.8) is 0 Å². The van der Waals surface area contributed by atoms with E-state index in [1.165, 1.54) is 23.3 Å². The number of sulfonamides is 1. The number of rotatable bonds is 6. The molecule has 0 amide bonds. The molecule has 0 unspecified atom stereocenters. The van der Waals surface area contributed by atoms with Crippen molar-refractivity contribution in [2.75, 3.05) is 16.2 Å². The second kappa shape index (κ2) is 7.21. The number of pyridine rings is 1. The van der Waals surface area contributed by atoms with Crippen LogP contribution in [-0.2, 0) is 10.0 Å². The summed E-state index contributed by atoms with van der Waals surface area (Å²) in [5.41, 5.74) is 0.660. The van der Waals surface area contributed by atoms with E-state index in [1.54, 1.807) is 24.3 Å².